The van der Waals surface area contributed by atoms with Gasteiger partial charge in [0.2, 0.25) is 0 Å². The molecule has 1 fully saturated rings. The molecule has 0 aliphatic heterocycles. The molecule has 8 radical (unpaired) electrons. The summed E-state index contributed by atoms with van der Waals surface area (Å²) in [6.45, 7) is 0. The van der Waals surface area contributed by atoms with Crippen molar-refractivity contribution in [1.82, 2.24) is 0 Å². The van der Waals surface area contributed by atoms with Crippen molar-refractivity contribution in [1.29, 1.82) is 0 Å². The molecule has 25 heavy (non-hydrogen) atoms. The fraction of sp³-hybridized carbons (Fsp3) is 0.208. The van der Waals surface area contributed by atoms with Crippen molar-refractivity contribution in [2.45, 2.75) is 32.1 Å². The van der Waals surface area contributed by atoms with E-state index in [1.54, 1.807) is 0 Å². The zero-order valence-corrected chi connectivity index (χ0v) is 16.3. The van der Waals surface area contributed by atoms with Crippen molar-refractivity contribution < 1.29 is 19.5 Å². The van der Waals surface area contributed by atoms with Crippen LogP contribution in [-0.2, 0) is 25.9 Å². The number of hydrogen-bond acceptors (Lipinski definition) is 0. The Labute approximate surface area is 168 Å². The molecule has 2 aromatic carbocycles. The fourth-order valence-electron chi connectivity index (χ4n) is 2.42. The Hall–Kier alpha value is -0.937. The Bertz CT molecular complexity index is 441. The van der Waals surface area contributed by atoms with Crippen LogP contribution in [0.4, 0.5) is 0 Å². The van der Waals surface area contributed by atoms with Gasteiger partial charge in [-0.1, -0.05) is 60.7 Å². The first-order valence-electron chi connectivity index (χ1n) is 8.84. The maximum absolute atomic E-state index is 2.27. The molecule has 132 valence electrons. The smallest absolute Gasteiger partial charge is 0 e. The minimum absolute atomic E-state index is 0. The zero-order chi connectivity index (χ0) is 16.7. The van der Waals surface area contributed by atoms with Crippen LogP contribution in [0, 0.1) is 44.9 Å². The molecule has 3 rings (SSSR count). The quantitative estimate of drug-likeness (QED) is 0.397. The van der Waals surface area contributed by atoms with Gasteiger partial charge in [0.15, 0.2) is 0 Å². The van der Waals surface area contributed by atoms with Crippen LogP contribution < -0.4 is 0 Å². The van der Waals surface area contributed by atoms with Crippen molar-refractivity contribution in [3.05, 3.63) is 117 Å². The SMILES string of the molecule is [CH]([CH]Cc1ccccc1)[CH]c1ccccc1.[CH]1[CH]CC[CH][CH]CC1.[Rh]. The predicted molar refractivity (Wildman–Crippen MR) is 104 cm³/mol. The third kappa shape index (κ3) is 11.3. The molecular weight excluding hydrogens is 391 g/mol. The molecule has 0 spiro atoms. The van der Waals surface area contributed by atoms with E-state index < -0.39 is 0 Å². The molecule has 0 amide bonds. The van der Waals surface area contributed by atoms with Gasteiger partial charge >= 0.3 is 0 Å². The van der Waals surface area contributed by atoms with Gasteiger partial charge in [0.25, 0.3) is 0 Å². The zero-order valence-electron chi connectivity index (χ0n) is 14.7. The Balaban J connectivity index is 0.000000295. The first kappa shape index (κ1) is 22.1. The molecular formula is C24H27Rh. The second-order valence-corrected chi connectivity index (χ2v) is 5.79. The summed E-state index contributed by atoms with van der Waals surface area (Å²) in [5.41, 5.74) is 2.59. The first-order chi connectivity index (χ1) is 11.9. The van der Waals surface area contributed by atoms with Gasteiger partial charge in [-0.25, -0.2) is 0 Å². The summed E-state index contributed by atoms with van der Waals surface area (Å²) >= 11 is 0. The third-order valence-corrected chi connectivity index (χ3v) is 3.75. The van der Waals surface area contributed by atoms with Crippen molar-refractivity contribution in [2.24, 2.45) is 0 Å². The minimum Gasteiger partial charge on any atom is -0.0622 e. The van der Waals surface area contributed by atoms with Crippen LogP contribution in [0.3, 0.4) is 0 Å². The number of hydrogen-bond donors (Lipinski definition) is 0. The maximum Gasteiger partial charge on any atom is 0 e. The van der Waals surface area contributed by atoms with Gasteiger partial charge in [0.05, 0.1) is 0 Å². The van der Waals surface area contributed by atoms with E-state index in [4.69, 9.17) is 0 Å². The number of rotatable bonds is 5. The summed E-state index contributed by atoms with van der Waals surface area (Å²) in [6.07, 6.45) is 21.4. The van der Waals surface area contributed by atoms with Crippen LogP contribution in [0.2, 0.25) is 0 Å². The van der Waals surface area contributed by atoms with E-state index in [9.17, 15) is 0 Å². The number of unbranched alkanes of at least 4 members (excludes halogenated alkanes) is 1. The van der Waals surface area contributed by atoms with Gasteiger partial charge in [0.1, 0.15) is 0 Å². The molecule has 0 unspecified atom stereocenters. The third-order valence-electron chi connectivity index (χ3n) is 3.75. The van der Waals surface area contributed by atoms with Crippen molar-refractivity contribution in [2.75, 3.05) is 0 Å². The summed E-state index contributed by atoms with van der Waals surface area (Å²) in [5, 5.41) is 0. The Morgan fingerprint density at radius 1 is 0.640 bits per heavy atom. The summed E-state index contributed by atoms with van der Waals surface area (Å²) in [7, 11) is 0. The summed E-state index contributed by atoms with van der Waals surface area (Å²) in [4.78, 5) is 0. The van der Waals surface area contributed by atoms with E-state index >= 15 is 0 Å². The average Bonchev–Trinajstić information content (AvgIpc) is 2.61. The van der Waals surface area contributed by atoms with Crippen LogP contribution in [0.5, 0.6) is 0 Å². The van der Waals surface area contributed by atoms with Crippen molar-refractivity contribution >= 4 is 0 Å². The van der Waals surface area contributed by atoms with E-state index in [2.05, 4.69) is 93.5 Å². The fourth-order valence-corrected chi connectivity index (χ4v) is 2.42. The molecule has 2 aromatic rings. The molecule has 0 nitrogen and oxygen atoms in total. The van der Waals surface area contributed by atoms with Gasteiger partial charge in [-0.15, -0.1) is 0 Å². The van der Waals surface area contributed by atoms with Gasteiger partial charge in [-0.2, -0.15) is 0 Å². The predicted octanol–water partition coefficient (Wildman–Crippen LogP) is 6.27. The molecule has 1 saturated carbocycles. The van der Waals surface area contributed by atoms with Crippen LogP contribution in [0.1, 0.15) is 36.8 Å². The van der Waals surface area contributed by atoms with E-state index in [0.717, 1.165) is 6.42 Å². The Morgan fingerprint density at radius 3 is 1.64 bits per heavy atom. The monoisotopic (exact) mass is 418 g/mol. The molecule has 0 N–H and O–H groups in total. The van der Waals surface area contributed by atoms with Gasteiger partial charge in [0, 0.05) is 19.5 Å². The second kappa shape index (κ2) is 15.3. The van der Waals surface area contributed by atoms with Gasteiger partial charge in [-0.3, -0.25) is 0 Å². The normalized spacial score (nSPS) is 14.2. The van der Waals surface area contributed by atoms with Crippen LogP contribution >= 0.6 is 0 Å². The van der Waals surface area contributed by atoms with E-state index in [-0.39, 0.29) is 19.5 Å². The summed E-state index contributed by atoms with van der Waals surface area (Å²) in [6, 6.07) is 20.8. The Morgan fingerprint density at radius 2 is 1.12 bits per heavy atom. The van der Waals surface area contributed by atoms with E-state index in [0.29, 0.717) is 0 Å². The average molecular weight is 418 g/mol. The standard InChI is InChI=1S/C16H15.C8H12.Rh/c1-3-9-15(10-4-1)13-7-8-14-16-11-5-2-6-12-16;1-2-4-6-8-7-5-3-1;/h1-13H,14H2;1-2,7-8H,3-6H2;. The van der Waals surface area contributed by atoms with Crippen molar-refractivity contribution in [3.8, 4) is 0 Å². The van der Waals surface area contributed by atoms with E-state index in [1.165, 1.54) is 36.8 Å². The summed E-state index contributed by atoms with van der Waals surface area (Å²) < 4.78 is 0. The number of benzene rings is 2. The molecule has 1 heteroatoms. The van der Waals surface area contributed by atoms with Gasteiger partial charge in [-0.05, 0) is 88.2 Å². The molecule has 0 heterocycles. The molecule has 0 saturated heterocycles. The molecule has 1 aliphatic carbocycles. The first-order valence-corrected chi connectivity index (χ1v) is 8.84. The van der Waals surface area contributed by atoms with E-state index in [1.807, 2.05) is 12.1 Å². The maximum atomic E-state index is 2.27. The van der Waals surface area contributed by atoms with Gasteiger partial charge < -0.3 is 0 Å². The van der Waals surface area contributed by atoms with Crippen molar-refractivity contribution in [3.63, 3.8) is 0 Å². The second-order valence-electron chi connectivity index (χ2n) is 5.79. The largest absolute Gasteiger partial charge is 0.0622 e. The molecule has 1 aliphatic rings. The Kier molecular flexibility index (Phi) is 13.6. The van der Waals surface area contributed by atoms with Crippen LogP contribution in [0.15, 0.2) is 60.7 Å². The minimum atomic E-state index is 0. The molecule has 0 bridgehead atoms. The molecule has 0 aromatic heterocycles. The summed E-state index contributed by atoms with van der Waals surface area (Å²) in [5.74, 6) is 0. The van der Waals surface area contributed by atoms with Crippen LogP contribution in [0.25, 0.3) is 0 Å². The topological polar surface area (TPSA) is 0 Å². The van der Waals surface area contributed by atoms with Crippen LogP contribution in [-0.4, -0.2) is 0 Å². The molecule has 0 atom stereocenters.